The van der Waals surface area contributed by atoms with Gasteiger partial charge in [0.2, 0.25) is 6.10 Å². The maximum Gasteiger partial charge on any atom is 0.416 e. The van der Waals surface area contributed by atoms with Gasteiger partial charge in [0.25, 0.3) is 5.91 Å². The first kappa shape index (κ1) is 14.4. The van der Waals surface area contributed by atoms with Crippen LogP contribution in [0.1, 0.15) is 12.5 Å². The van der Waals surface area contributed by atoms with Gasteiger partial charge in [-0.15, -0.1) is 0 Å². The number of nitrogens with zero attached hydrogens (tertiary/aromatic N) is 2. The van der Waals surface area contributed by atoms with Crippen molar-refractivity contribution in [3.05, 3.63) is 29.8 Å². The topological polar surface area (TPSA) is 77.4 Å². The van der Waals surface area contributed by atoms with Crippen molar-refractivity contribution in [2.45, 2.75) is 13.0 Å². The number of hydrogen-bond acceptors (Lipinski definition) is 6. The number of ether oxygens (including phenoxy) is 2. The van der Waals surface area contributed by atoms with E-state index in [1.165, 1.54) is 0 Å². The molecule has 1 saturated heterocycles. The summed E-state index contributed by atoms with van der Waals surface area (Å²) < 4.78 is 9.89. The first-order chi connectivity index (χ1) is 10.6. The zero-order chi connectivity index (χ0) is 15.7. The number of benzene rings is 1. The molecule has 0 bridgehead atoms. The van der Waals surface area contributed by atoms with Crippen LogP contribution in [0.5, 0.6) is 5.75 Å². The normalized spacial score (nSPS) is 23.8. The van der Waals surface area contributed by atoms with Gasteiger partial charge in [-0.25, -0.2) is 9.69 Å². The first-order valence-corrected chi connectivity index (χ1v) is 6.98. The third-order valence-electron chi connectivity index (χ3n) is 3.81. The summed E-state index contributed by atoms with van der Waals surface area (Å²) in [6.45, 7) is 2.32. The quantitative estimate of drug-likeness (QED) is 0.844. The van der Waals surface area contributed by atoms with Gasteiger partial charge in [0, 0.05) is 5.56 Å². The van der Waals surface area contributed by atoms with E-state index in [0.29, 0.717) is 5.71 Å². The number of oxime groups is 1. The van der Waals surface area contributed by atoms with E-state index < -0.39 is 18.1 Å². The molecule has 0 spiro atoms. The molecule has 3 rings (SSSR count). The molecule has 1 fully saturated rings. The largest absolute Gasteiger partial charge is 0.497 e. The molecule has 0 aliphatic carbocycles. The molecule has 2 heterocycles. The van der Waals surface area contributed by atoms with Crippen molar-refractivity contribution in [2.24, 2.45) is 11.1 Å². The van der Waals surface area contributed by atoms with Crippen LogP contribution in [-0.2, 0) is 14.4 Å². The molecule has 0 radical (unpaired) electrons. The fourth-order valence-corrected chi connectivity index (χ4v) is 2.51. The number of carbonyl (C=O) groups is 2. The van der Waals surface area contributed by atoms with E-state index in [9.17, 15) is 9.59 Å². The number of hydrogen-bond donors (Lipinski definition) is 0. The van der Waals surface area contributed by atoms with Crippen LogP contribution >= 0.6 is 0 Å². The fourth-order valence-electron chi connectivity index (χ4n) is 2.51. The number of methoxy groups -OCH3 is 1. The second kappa shape index (κ2) is 5.67. The Labute approximate surface area is 127 Å². The Morgan fingerprint density at radius 1 is 1.36 bits per heavy atom. The molecule has 2 aliphatic heterocycles. The van der Waals surface area contributed by atoms with Gasteiger partial charge >= 0.3 is 6.09 Å². The van der Waals surface area contributed by atoms with Gasteiger partial charge in [0.15, 0.2) is 0 Å². The summed E-state index contributed by atoms with van der Waals surface area (Å²) >= 11 is 0. The Bertz CT molecular complexity index is 625. The van der Waals surface area contributed by atoms with Gasteiger partial charge in [0.05, 0.1) is 25.3 Å². The summed E-state index contributed by atoms with van der Waals surface area (Å²) in [5.74, 6) is 0.0694. The predicted octanol–water partition coefficient (Wildman–Crippen LogP) is 1.41. The van der Waals surface area contributed by atoms with E-state index in [1.807, 2.05) is 31.2 Å². The van der Waals surface area contributed by atoms with E-state index in [2.05, 4.69) is 5.16 Å². The maximum atomic E-state index is 12.4. The van der Waals surface area contributed by atoms with Gasteiger partial charge < -0.3 is 14.3 Å². The van der Waals surface area contributed by atoms with Gasteiger partial charge in [-0.2, -0.15) is 0 Å². The van der Waals surface area contributed by atoms with Crippen LogP contribution in [-0.4, -0.2) is 49.0 Å². The lowest BCUT2D eigenvalue weighted by Crippen LogP contribution is -2.43. The van der Waals surface area contributed by atoms with Crippen molar-refractivity contribution in [1.82, 2.24) is 4.90 Å². The molecule has 0 N–H and O–H groups in total. The third kappa shape index (κ3) is 2.38. The van der Waals surface area contributed by atoms with Crippen LogP contribution in [0.3, 0.4) is 0 Å². The van der Waals surface area contributed by atoms with Gasteiger partial charge in [-0.3, -0.25) is 4.79 Å². The number of imide groups is 1. The average molecular weight is 304 g/mol. The number of rotatable bonds is 3. The highest BCUT2D eigenvalue weighted by molar-refractivity contribution is 6.07. The summed E-state index contributed by atoms with van der Waals surface area (Å²) in [5.41, 5.74) is 1.53. The monoisotopic (exact) mass is 304 g/mol. The lowest BCUT2D eigenvalue weighted by atomic mass is 9.93. The predicted molar refractivity (Wildman–Crippen MR) is 76.6 cm³/mol. The standard InChI is InChI=1S/C15H16N2O5/c1-9-12(10-3-5-11(20-2)6-4-10)16-22-13(9)14(18)17-7-8-21-15(17)19/h3-6,9,13H,7-8H2,1-2H3. The van der Waals surface area contributed by atoms with Crippen molar-refractivity contribution in [2.75, 3.05) is 20.3 Å². The molecule has 1 aromatic rings. The second-order valence-electron chi connectivity index (χ2n) is 5.12. The lowest BCUT2D eigenvalue weighted by Gasteiger charge is -2.18. The second-order valence-corrected chi connectivity index (χ2v) is 5.12. The zero-order valence-corrected chi connectivity index (χ0v) is 12.3. The highest BCUT2D eigenvalue weighted by Crippen LogP contribution is 2.26. The summed E-state index contributed by atoms with van der Waals surface area (Å²) in [4.78, 5) is 30.2. The van der Waals surface area contributed by atoms with E-state index in [1.54, 1.807) is 7.11 Å². The molecule has 2 unspecified atom stereocenters. The highest BCUT2D eigenvalue weighted by Gasteiger charge is 2.42. The van der Waals surface area contributed by atoms with Crippen LogP contribution in [0.25, 0.3) is 0 Å². The Kier molecular flexibility index (Phi) is 3.70. The molecular formula is C15H16N2O5. The van der Waals surface area contributed by atoms with Crippen LogP contribution in [0, 0.1) is 5.92 Å². The highest BCUT2D eigenvalue weighted by atomic mass is 16.6. The minimum atomic E-state index is -0.803. The van der Waals surface area contributed by atoms with Gasteiger partial charge in [-0.05, 0) is 24.3 Å². The maximum absolute atomic E-state index is 12.4. The molecule has 0 aromatic heterocycles. The van der Waals surface area contributed by atoms with Crippen molar-refractivity contribution in [3.8, 4) is 5.75 Å². The van der Waals surface area contributed by atoms with E-state index in [0.717, 1.165) is 16.2 Å². The van der Waals surface area contributed by atoms with Gasteiger partial charge in [0.1, 0.15) is 12.4 Å². The van der Waals surface area contributed by atoms with Crippen LogP contribution in [0.4, 0.5) is 4.79 Å². The van der Waals surface area contributed by atoms with Crippen molar-refractivity contribution >= 4 is 17.7 Å². The first-order valence-electron chi connectivity index (χ1n) is 6.98. The van der Waals surface area contributed by atoms with Gasteiger partial charge in [-0.1, -0.05) is 12.1 Å². The molecule has 2 atom stereocenters. The Morgan fingerprint density at radius 2 is 2.09 bits per heavy atom. The molecule has 7 nitrogen and oxygen atoms in total. The number of carbonyl (C=O) groups excluding carboxylic acids is 2. The molecule has 116 valence electrons. The molecule has 2 amide bonds. The Hall–Kier alpha value is -2.57. The van der Waals surface area contributed by atoms with E-state index >= 15 is 0 Å². The van der Waals surface area contributed by atoms with Crippen molar-refractivity contribution in [1.29, 1.82) is 0 Å². The lowest BCUT2D eigenvalue weighted by molar-refractivity contribution is -0.140. The Morgan fingerprint density at radius 3 is 2.68 bits per heavy atom. The molecular weight excluding hydrogens is 288 g/mol. The van der Waals surface area contributed by atoms with E-state index in [4.69, 9.17) is 14.3 Å². The molecule has 1 aromatic carbocycles. The molecule has 7 heteroatoms. The number of amides is 2. The molecule has 2 aliphatic rings. The summed E-state index contributed by atoms with van der Waals surface area (Å²) in [7, 11) is 1.59. The fraction of sp³-hybridized carbons (Fsp3) is 0.400. The van der Waals surface area contributed by atoms with Crippen molar-refractivity contribution in [3.63, 3.8) is 0 Å². The minimum Gasteiger partial charge on any atom is -0.497 e. The number of cyclic esters (lactones) is 1. The van der Waals surface area contributed by atoms with Crippen LogP contribution < -0.4 is 4.74 Å². The zero-order valence-electron chi connectivity index (χ0n) is 12.3. The molecule has 22 heavy (non-hydrogen) atoms. The smallest absolute Gasteiger partial charge is 0.416 e. The molecule has 0 saturated carbocycles. The summed E-state index contributed by atoms with van der Waals surface area (Å²) in [5, 5.41) is 4.02. The van der Waals surface area contributed by atoms with Crippen LogP contribution in [0.2, 0.25) is 0 Å². The van der Waals surface area contributed by atoms with E-state index in [-0.39, 0.29) is 19.1 Å². The summed E-state index contributed by atoms with van der Waals surface area (Å²) in [6, 6.07) is 7.35. The average Bonchev–Trinajstić information content (AvgIpc) is 3.13. The minimum absolute atomic E-state index is 0.220. The Balaban J connectivity index is 1.74. The van der Waals surface area contributed by atoms with Crippen LogP contribution in [0.15, 0.2) is 29.4 Å². The SMILES string of the molecule is COc1ccc(C2=NOC(C(=O)N3CCOC3=O)C2C)cc1. The third-order valence-corrected chi connectivity index (χ3v) is 3.81. The summed E-state index contributed by atoms with van der Waals surface area (Å²) in [6.07, 6.45) is -1.43. The van der Waals surface area contributed by atoms with Crippen molar-refractivity contribution < 1.29 is 23.9 Å².